The molecule has 10 nitrogen and oxygen atoms in total. The molecule has 0 saturated carbocycles. The lowest BCUT2D eigenvalue weighted by Crippen LogP contribution is -2.30. The van der Waals surface area contributed by atoms with Gasteiger partial charge >= 0.3 is 0 Å². The predicted molar refractivity (Wildman–Crippen MR) is 121 cm³/mol. The number of amides is 2. The number of aryl methyl sites for hydroxylation is 1. The van der Waals surface area contributed by atoms with Crippen molar-refractivity contribution in [1.29, 1.82) is 0 Å². The van der Waals surface area contributed by atoms with Crippen LogP contribution in [0.5, 0.6) is 0 Å². The summed E-state index contributed by atoms with van der Waals surface area (Å²) in [6.07, 6.45) is 1.35. The van der Waals surface area contributed by atoms with Crippen LogP contribution in [0.25, 0.3) is 6.08 Å². The summed E-state index contributed by atoms with van der Waals surface area (Å²) in [5.74, 6) is -1.27. The zero-order valence-corrected chi connectivity index (χ0v) is 17.3. The van der Waals surface area contributed by atoms with E-state index < -0.39 is 21.7 Å². The second-order valence-electron chi connectivity index (χ2n) is 6.94. The smallest absolute Gasteiger partial charge is 0.272 e. The van der Waals surface area contributed by atoms with E-state index >= 15 is 0 Å². The summed E-state index contributed by atoms with van der Waals surface area (Å²) < 4.78 is 0. The Morgan fingerprint density at radius 3 is 2.06 bits per heavy atom. The average molecular weight is 446 g/mol. The van der Waals surface area contributed by atoms with E-state index in [0.29, 0.717) is 16.7 Å². The molecule has 10 heteroatoms. The van der Waals surface area contributed by atoms with Gasteiger partial charge in [-0.05, 0) is 48.4 Å². The minimum atomic E-state index is -0.721. The van der Waals surface area contributed by atoms with Crippen LogP contribution in [0.2, 0.25) is 0 Å². The van der Waals surface area contributed by atoms with Crippen molar-refractivity contribution < 1.29 is 19.4 Å². The Morgan fingerprint density at radius 2 is 1.45 bits per heavy atom. The van der Waals surface area contributed by atoms with Crippen LogP contribution >= 0.6 is 0 Å². The van der Waals surface area contributed by atoms with E-state index in [4.69, 9.17) is 0 Å². The van der Waals surface area contributed by atoms with E-state index in [1.54, 1.807) is 37.3 Å². The molecule has 3 rings (SSSR count). The predicted octanol–water partition coefficient (Wildman–Crippen LogP) is 4.22. The summed E-state index contributed by atoms with van der Waals surface area (Å²) >= 11 is 0. The number of nitro groups is 2. The molecule has 0 aliphatic carbocycles. The normalized spacial score (nSPS) is 10.9. The maximum absolute atomic E-state index is 13.0. The van der Waals surface area contributed by atoms with Gasteiger partial charge < -0.3 is 10.6 Å². The van der Waals surface area contributed by atoms with Crippen molar-refractivity contribution >= 4 is 35.0 Å². The molecular formula is C23H18N4O6. The lowest BCUT2D eigenvalue weighted by molar-refractivity contribution is -0.385. The monoisotopic (exact) mass is 446 g/mol. The molecule has 0 aromatic heterocycles. The minimum Gasteiger partial charge on any atom is -0.320 e. The SMILES string of the molecule is Cc1ccc([N+](=O)[O-])cc1NC(=O)/C(=C/c1ccc([N+](=O)[O-])cc1)NC(=O)c1ccccc1. The van der Waals surface area contributed by atoms with Gasteiger partial charge in [-0.2, -0.15) is 0 Å². The molecule has 2 N–H and O–H groups in total. The van der Waals surface area contributed by atoms with Gasteiger partial charge in [-0.3, -0.25) is 29.8 Å². The van der Waals surface area contributed by atoms with E-state index in [0.717, 1.165) is 0 Å². The van der Waals surface area contributed by atoms with E-state index in [1.165, 1.54) is 48.5 Å². The molecule has 3 aromatic rings. The highest BCUT2D eigenvalue weighted by molar-refractivity contribution is 6.11. The average Bonchev–Trinajstić information content (AvgIpc) is 2.80. The maximum Gasteiger partial charge on any atom is 0.272 e. The Balaban J connectivity index is 1.94. The largest absolute Gasteiger partial charge is 0.320 e. The molecule has 0 heterocycles. The number of hydrogen-bond donors (Lipinski definition) is 2. The Bertz CT molecular complexity index is 1250. The van der Waals surface area contributed by atoms with Gasteiger partial charge in [0, 0.05) is 29.8 Å². The highest BCUT2D eigenvalue weighted by Crippen LogP contribution is 2.23. The summed E-state index contributed by atoms with van der Waals surface area (Å²) in [5.41, 5.74) is 1.05. The van der Waals surface area contributed by atoms with Gasteiger partial charge in [0.15, 0.2) is 0 Å². The quantitative estimate of drug-likeness (QED) is 0.316. The van der Waals surface area contributed by atoms with Gasteiger partial charge in [-0.1, -0.05) is 24.3 Å². The molecule has 2 amide bonds. The van der Waals surface area contributed by atoms with Crippen molar-refractivity contribution in [1.82, 2.24) is 5.32 Å². The molecule has 0 spiro atoms. The summed E-state index contributed by atoms with van der Waals surface area (Å²) in [6.45, 7) is 1.67. The zero-order chi connectivity index (χ0) is 24.0. The van der Waals surface area contributed by atoms with Crippen molar-refractivity contribution in [3.63, 3.8) is 0 Å². The van der Waals surface area contributed by atoms with Gasteiger partial charge in [0.25, 0.3) is 23.2 Å². The van der Waals surface area contributed by atoms with Gasteiger partial charge in [-0.15, -0.1) is 0 Å². The lowest BCUT2D eigenvalue weighted by Gasteiger charge is -2.13. The molecule has 33 heavy (non-hydrogen) atoms. The molecule has 0 radical (unpaired) electrons. The first-order valence-electron chi connectivity index (χ1n) is 9.63. The van der Waals surface area contributed by atoms with Crippen molar-refractivity contribution in [2.24, 2.45) is 0 Å². The van der Waals surface area contributed by atoms with Gasteiger partial charge in [0.05, 0.1) is 15.5 Å². The van der Waals surface area contributed by atoms with Crippen molar-refractivity contribution in [3.8, 4) is 0 Å². The molecule has 3 aromatic carbocycles. The van der Waals surface area contributed by atoms with E-state index in [2.05, 4.69) is 10.6 Å². The van der Waals surface area contributed by atoms with Gasteiger partial charge in [0.1, 0.15) is 5.70 Å². The maximum atomic E-state index is 13.0. The number of nitrogens with zero attached hydrogens (tertiary/aromatic N) is 2. The lowest BCUT2D eigenvalue weighted by atomic mass is 10.1. The Hall–Kier alpha value is -4.86. The Morgan fingerprint density at radius 1 is 0.848 bits per heavy atom. The third-order valence-electron chi connectivity index (χ3n) is 4.62. The molecule has 0 saturated heterocycles. The van der Waals surface area contributed by atoms with E-state index in [9.17, 15) is 29.8 Å². The molecule has 0 unspecified atom stereocenters. The van der Waals surface area contributed by atoms with Crippen LogP contribution in [0.1, 0.15) is 21.5 Å². The minimum absolute atomic E-state index is 0.126. The number of nitrogens with one attached hydrogen (secondary N) is 2. The molecular weight excluding hydrogens is 428 g/mol. The molecule has 166 valence electrons. The highest BCUT2D eigenvalue weighted by atomic mass is 16.6. The fourth-order valence-electron chi connectivity index (χ4n) is 2.85. The fraction of sp³-hybridized carbons (Fsp3) is 0.0435. The first-order chi connectivity index (χ1) is 15.7. The number of nitro benzene ring substituents is 2. The van der Waals surface area contributed by atoms with Crippen LogP contribution in [0.3, 0.4) is 0 Å². The zero-order valence-electron chi connectivity index (χ0n) is 17.3. The number of benzene rings is 3. The van der Waals surface area contributed by atoms with Crippen LogP contribution in [0.15, 0.2) is 78.5 Å². The number of hydrogen-bond acceptors (Lipinski definition) is 6. The highest BCUT2D eigenvalue weighted by Gasteiger charge is 2.17. The second kappa shape index (κ2) is 9.96. The molecule has 0 aliphatic heterocycles. The second-order valence-corrected chi connectivity index (χ2v) is 6.94. The third-order valence-corrected chi connectivity index (χ3v) is 4.62. The molecule has 0 atom stereocenters. The number of carbonyl (C=O) groups is 2. The first-order valence-corrected chi connectivity index (χ1v) is 9.63. The third kappa shape index (κ3) is 5.85. The number of rotatable bonds is 7. The number of anilines is 1. The number of carbonyl (C=O) groups excluding carboxylic acids is 2. The van der Waals surface area contributed by atoms with Crippen LogP contribution in [0.4, 0.5) is 17.1 Å². The summed E-state index contributed by atoms with van der Waals surface area (Å²) in [5, 5.41) is 27.1. The number of non-ortho nitro benzene ring substituents is 2. The summed E-state index contributed by atoms with van der Waals surface area (Å²) in [6, 6.07) is 17.6. The van der Waals surface area contributed by atoms with Crippen LogP contribution in [-0.2, 0) is 4.79 Å². The standard InChI is InChI=1S/C23H18N4O6/c1-15-7-10-19(27(32)33)14-20(15)24-23(29)21(25-22(28)17-5-3-2-4-6-17)13-16-8-11-18(12-9-16)26(30)31/h2-14H,1H3,(H,24,29)(H,25,28)/b21-13-. The topological polar surface area (TPSA) is 144 Å². The van der Waals surface area contributed by atoms with Crippen LogP contribution in [0, 0.1) is 27.2 Å². The first kappa shape index (κ1) is 22.8. The van der Waals surface area contributed by atoms with E-state index in [1.807, 2.05) is 0 Å². The van der Waals surface area contributed by atoms with Crippen molar-refractivity contribution in [3.05, 3.63) is 115 Å². The summed E-state index contributed by atoms with van der Waals surface area (Å²) in [4.78, 5) is 46.5. The van der Waals surface area contributed by atoms with Gasteiger partial charge in [-0.25, -0.2) is 0 Å². The Kier molecular flexibility index (Phi) is 6.89. The van der Waals surface area contributed by atoms with Gasteiger partial charge in [0.2, 0.25) is 0 Å². The molecule has 0 bridgehead atoms. The molecule has 0 aliphatic rings. The van der Waals surface area contributed by atoms with Crippen LogP contribution < -0.4 is 10.6 Å². The van der Waals surface area contributed by atoms with E-state index in [-0.39, 0.29) is 22.8 Å². The fourth-order valence-corrected chi connectivity index (χ4v) is 2.85. The molecule has 0 fully saturated rings. The van der Waals surface area contributed by atoms with Crippen LogP contribution in [-0.4, -0.2) is 21.7 Å². The van der Waals surface area contributed by atoms with Crippen molar-refractivity contribution in [2.45, 2.75) is 6.92 Å². The van der Waals surface area contributed by atoms with Crippen molar-refractivity contribution in [2.75, 3.05) is 5.32 Å². The summed E-state index contributed by atoms with van der Waals surface area (Å²) in [7, 11) is 0. The Labute approximate surface area is 187 Å².